The van der Waals surface area contributed by atoms with Crippen LogP contribution in [0.3, 0.4) is 0 Å². The summed E-state index contributed by atoms with van der Waals surface area (Å²) in [4.78, 5) is 0. The molecule has 136 valence electrons. The summed E-state index contributed by atoms with van der Waals surface area (Å²) < 4.78 is 11.8. The Labute approximate surface area is 156 Å². The second kappa shape index (κ2) is 9.52. The first-order valence-corrected chi connectivity index (χ1v) is 9.62. The van der Waals surface area contributed by atoms with Crippen molar-refractivity contribution in [2.45, 2.75) is 51.2 Å². The predicted octanol–water partition coefficient (Wildman–Crippen LogP) is 5.51. The van der Waals surface area contributed by atoms with Gasteiger partial charge in [-0.15, -0.1) is 0 Å². The topological polar surface area (TPSA) is 42.2 Å². The van der Waals surface area contributed by atoms with Gasteiger partial charge in [-0.3, -0.25) is 0 Å². The highest BCUT2D eigenvalue weighted by atomic mass is 16.7. The highest BCUT2D eigenvalue weighted by Crippen LogP contribution is 2.30. The van der Waals surface area contributed by atoms with E-state index in [1.165, 1.54) is 43.2 Å². The molecule has 2 aromatic rings. The molecule has 3 nitrogen and oxygen atoms in total. The quantitative estimate of drug-likeness (QED) is 0.619. The molecule has 0 saturated carbocycles. The predicted molar refractivity (Wildman–Crippen MR) is 103 cm³/mol. The van der Waals surface area contributed by atoms with Crippen molar-refractivity contribution in [2.24, 2.45) is 0 Å². The monoisotopic (exact) mass is 349 g/mol. The Hall–Kier alpha value is -2.15. The van der Waals surface area contributed by atoms with E-state index in [0.717, 1.165) is 5.56 Å². The molecule has 26 heavy (non-hydrogen) atoms. The van der Waals surface area contributed by atoms with Crippen molar-refractivity contribution in [3.63, 3.8) is 0 Å². The highest BCUT2D eigenvalue weighted by molar-refractivity contribution is 5.32. The van der Waals surface area contributed by atoms with Crippen LogP contribution in [0, 0.1) is 11.3 Å². The average Bonchev–Trinajstić information content (AvgIpc) is 2.72. The lowest BCUT2D eigenvalue weighted by molar-refractivity contribution is -0.191. The highest BCUT2D eigenvalue weighted by Gasteiger charge is 2.24. The molecular formula is C23H27NO2. The first kappa shape index (κ1) is 18.6. The van der Waals surface area contributed by atoms with Crippen molar-refractivity contribution in [1.82, 2.24) is 0 Å². The molecule has 1 saturated heterocycles. The Bertz CT molecular complexity index is 707. The van der Waals surface area contributed by atoms with Crippen molar-refractivity contribution < 1.29 is 9.47 Å². The molecule has 3 rings (SSSR count). The fourth-order valence-electron chi connectivity index (χ4n) is 3.32. The second-order valence-electron chi connectivity index (χ2n) is 6.98. The molecule has 0 bridgehead atoms. The van der Waals surface area contributed by atoms with Gasteiger partial charge in [0.25, 0.3) is 0 Å². The van der Waals surface area contributed by atoms with Crippen molar-refractivity contribution >= 4 is 0 Å². The molecule has 0 spiro atoms. The van der Waals surface area contributed by atoms with Gasteiger partial charge in [-0.1, -0.05) is 62.6 Å². The van der Waals surface area contributed by atoms with Crippen molar-refractivity contribution in [3.05, 3.63) is 70.8 Å². The first-order chi connectivity index (χ1) is 12.8. The summed E-state index contributed by atoms with van der Waals surface area (Å²) in [7, 11) is 0. The Morgan fingerprint density at radius 1 is 0.885 bits per heavy atom. The summed E-state index contributed by atoms with van der Waals surface area (Å²) in [6, 6.07) is 18.4. The summed E-state index contributed by atoms with van der Waals surface area (Å²) in [6.45, 7) is 3.55. The van der Waals surface area contributed by atoms with E-state index in [9.17, 15) is 0 Å². The standard InChI is InChI=1S/C23H27NO2/c1-2-3-4-5-6-18-7-11-20(12-8-18)22-16-25-23(26-17-22)21-13-9-19(15-24)10-14-21/h7-14,22-23H,2-6,16-17H2,1H3. The summed E-state index contributed by atoms with van der Waals surface area (Å²) in [5.41, 5.74) is 4.31. The average molecular weight is 349 g/mol. The summed E-state index contributed by atoms with van der Waals surface area (Å²) in [6.07, 6.45) is 6.03. The lowest BCUT2D eigenvalue weighted by atomic mass is 9.97. The lowest BCUT2D eigenvalue weighted by Crippen LogP contribution is -2.25. The van der Waals surface area contributed by atoms with E-state index in [2.05, 4.69) is 37.3 Å². The Morgan fingerprint density at radius 3 is 2.15 bits per heavy atom. The maximum absolute atomic E-state index is 8.88. The fourth-order valence-corrected chi connectivity index (χ4v) is 3.32. The molecule has 1 heterocycles. The normalized spacial score (nSPS) is 19.8. The van der Waals surface area contributed by atoms with Crippen LogP contribution in [0.1, 0.15) is 67.1 Å². The molecule has 0 unspecified atom stereocenters. The molecule has 0 radical (unpaired) electrons. The summed E-state index contributed by atoms with van der Waals surface area (Å²) in [5, 5.41) is 8.88. The number of rotatable bonds is 7. The van der Waals surface area contributed by atoms with Gasteiger partial charge in [0.05, 0.1) is 24.8 Å². The lowest BCUT2D eigenvalue weighted by Gasteiger charge is -2.30. The maximum Gasteiger partial charge on any atom is 0.183 e. The van der Waals surface area contributed by atoms with Crippen molar-refractivity contribution in [2.75, 3.05) is 13.2 Å². The molecule has 0 aliphatic carbocycles. The number of nitrogens with zero attached hydrogens (tertiary/aromatic N) is 1. The zero-order chi connectivity index (χ0) is 18.2. The Morgan fingerprint density at radius 2 is 1.54 bits per heavy atom. The molecule has 2 aromatic carbocycles. The number of hydrogen-bond acceptors (Lipinski definition) is 3. The van der Waals surface area contributed by atoms with E-state index in [1.54, 1.807) is 12.1 Å². The molecular weight excluding hydrogens is 322 g/mol. The molecule has 3 heteroatoms. The van der Waals surface area contributed by atoms with Crippen LogP contribution in [-0.4, -0.2) is 13.2 Å². The first-order valence-electron chi connectivity index (χ1n) is 9.62. The van der Waals surface area contributed by atoms with Gasteiger partial charge in [0.15, 0.2) is 6.29 Å². The van der Waals surface area contributed by atoms with Gasteiger partial charge < -0.3 is 9.47 Å². The number of unbranched alkanes of at least 4 members (excludes halogenated alkanes) is 3. The third kappa shape index (κ3) is 4.94. The van der Waals surface area contributed by atoms with Crippen LogP contribution < -0.4 is 0 Å². The molecule has 0 atom stereocenters. The molecule has 1 aliphatic rings. The maximum atomic E-state index is 8.88. The van der Waals surface area contributed by atoms with Gasteiger partial charge in [-0.25, -0.2) is 0 Å². The molecule has 0 N–H and O–H groups in total. The number of aryl methyl sites for hydroxylation is 1. The number of hydrogen-bond donors (Lipinski definition) is 0. The Kier molecular flexibility index (Phi) is 6.82. The van der Waals surface area contributed by atoms with Crippen molar-refractivity contribution in [3.8, 4) is 6.07 Å². The molecule has 0 aromatic heterocycles. The van der Waals surface area contributed by atoms with E-state index >= 15 is 0 Å². The van der Waals surface area contributed by atoms with E-state index in [0.29, 0.717) is 18.8 Å². The molecule has 1 aliphatic heterocycles. The number of ether oxygens (including phenoxy) is 2. The van der Waals surface area contributed by atoms with Gasteiger partial charge >= 0.3 is 0 Å². The van der Waals surface area contributed by atoms with Crippen LogP contribution >= 0.6 is 0 Å². The van der Waals surface area contributed by atoms with Crippen molar-refractivity contribution in [1.29, 1.82) is 5.26 Å². The molecule has 0 amide bonds. The largest absolute Gasteiger partial charge is 0.348 e. The van der Waals surface area contributed by atoms with Crippen LogP contribution in [0.5, 0.6) is 0 Å². The smallest absolute Gasteiger partial charge is 0.183 e. The van der Waals surface area contributed by atoms with Gasteiger partial charge in [0, 0.05) is 11.5 Å². The fraction of sp³-hybridized carbons (Fsp3) is 0.435. The SMILES string of the molecule is CCCCCCc1ccc(C2COC(c3ccc(C#N)cc3)OC2)cc1. The zero-order valence-corrected chi connectivity index (χ0v) is 15.5. The summed E-state index contributed by atoms with van der Waals surface area (Å²) >= 11 is 0. The number of benzene rings is 2. The van der Waals surface area contributed by atoms with Crippen LogP contribution in [-0.2, 0) is 15.9 Å². The van der Waals surface area contributed by atoms with E-state index in [4.69, 9.17) is 14.7 Å². The zero-order valence-electron chi connectivity index (χ0n) is 15.5. The second-order valence-corrected chi connectivity index (χ2v) is 6.98. The van der Waals surface area contributed by atoms with Gasteiger partial charge in [0.2, 0.25) is 0 Å². The Balaban J connectivity index is 1.50. The van der Waals surface area contributed by atoms with Crippen LogP contribution in [0.25, 0.3) is 0 Å². The minimum absolute atomic E-state index is 0.277. The third-order valence-corrected chi connectivity index (χ3v) is 4.98. The summed E-state index contributed by atoms with van der Waals surface area (Å²) in [5.74, 6) is 0.277. The van der Waals surface area contributed by atoms with Crippen LogP contribution in [0.4, 0.5) is 0 Å². The van der Waals surface area contributed by atoms with Crippen LogP contribution in [0.15, 0.2) is 48.5 Å². The van der Waals surface area contributed by atoms with Gasteiger partial charge in [0.1, 0.15) is 0 Å². The molecule has 1 fully saturated rings. The van der Waals surface area contributed by atoms with Gasteiger partial charge in [-0.05, 0) is 36.1 Å². The van der Waals surface area contributed by atoms with E-state index in [1.807, 2.05) is 12.1 Å². The van der Waals surface area contributed by atoms with E-state index in [-0.39, 0.29) is 12.2 Å². The number of nitriles is 1. The van der Waals surface area contributed by atoms with E-state index < -0.39 is 0 Å². The third-order valence-electron chi connectivity index (χ3n) is 4.98. The van der Waals surface area contributed by atoms with Gasteiger partial charge in [-0.2, -0.15) is 5.26 Å². The minimum Gasteiger partial charge on any atom is -0.348 e. The van der Waals surface area contributed by atoms with Crippen LogP contribution in [0.2, 0.25) is 0 Å². The minimum atomic E-state index is -0.336.